The molecule has 0 saturated heterocycles. The maximum Gasteiger partial charge on any atom is 0.0971 e. The van der Waals surface area contributed by atoms with Crippen LogP contribution in [0, 0.1) is 0 Å². The van der Waals surface area contributed by atoms with Crippen molar-refractivity contribution >= 4 is 64.1 Å². The van der Waals surface area contributed by atoms with Crippen molar-refractivity contribution in [2.45, 2.75) is 13.3 Å². The molecule has 0 unspecified atom stereocenters. The number of rotatable bonds is 3. The van der Waals surface area contributed by atoms with E-state index >= 15 is 0 Å². The summed E-state index contributed by atoms with van der Waals surface area (Å²) in [6.07, 6.45) is 4.61. The van der Waals surface area contributed by atoms with Gasteiger partial charge in [0.2, 0.25) is 0 Å². The zero-order valence-corrected chi connectivity index (χ0v) is 22.3. The average molecular weight is 517 g/mol. The summed E-state index contributed by atoms with van der Waals surface area (Å²) >= 11 is 1.93. The summed E-state index contributed by atoms with van der Waals surface area (Å²) in [5.41, 5.74) is 8.29. The van der Waals surface area contributed by atoms with E-state index in [9.17, 15) is 0 Å². The first-order valence-electron chi connectivity index (χ1n) is 13.4. The lowest BCUT2D eigenvalue weighted by atomic mass is 9.94. The molecular formula is C36H24N2S. The van der Waals surface area contributed by atoms with E-state index in [1.54, 1.807) is 12.4 Å². The van der Waals surface area contributed by atoms with Crippen LogP contribution in [0.25, 0.3) is 75.0 Å². The van der Waals surface area contributed by atoms with Crippen LogP contribution in [0.15, 0.2) is 116 Å². The molecule has 39 heavy (non-hydrogen) atoms. The zero-order valence-electron chi connectivity index (χ0n) is 21.5. The first kappa shape index (κ1) is 22.4. The fourth-order valence-corrected chi connectivity index (χ4v) is 7.48. The topological polar surface area (TPSA) is 25.8 Å². The lowest BCUT2D eigenvalue weighted by molar-refractivity contribution is 1.16. The van der Waals surface area contributed by atoms with E-state index in [1.807, 2.05) is 11.3 Å². The molecule has 8 rings (SSSR count). The van der Waals surface area contributed by atoms with Crippen LogP contribution in [-0.4, -0.2) is 9.97 Å². The molecule has 0 saturated carbocycles. The van der Waals surface area contributed by atoms with E-state index in [0.29, 0.717) is 0 Å². The Balaban J connectivity index is 1.33. The van der Waals surface area contributed by atoms with Gasteiger partial charge in [-0.25, -0.2) is 0 Å². The van der Waals surface area contributed by atoms with Gasteiger partial charge in [-0.05, 0) is 57.1 Å². The minimum Gasteiger partial charge on any atom is -0.252 e. The van der Waals surface area contributed by atoms with Gasteiger partial charge in [0.15, 0.2) is 0 Å². The Morgan fingerprint density at radius 2 is 1.15 bits per heavy atom. The molecule has 3 heteroatoms. The average Bonchev–Trinajstić information content (AvgIpc) is 3.40. The van der Waals surface area contributed by atoms with E-state index in [4.69, 9.17) is 4.98 Å². The molecule has 0 bridgehead atoms. The second kappa shape index (κ2) is 8.72. The molecule has 2 aromatic heterocycles. The molecule has 0 atom stereocenters. The molecule has 2 nitrogen and oxygen atoms in total. The molecule has 0 fully saturated rings. The molecule has 0 amide bonds. The van der Waals surface area contributed by atoms with Crippen molar-refractivity contribution in [3.63, 3.8) is 0 Å². The lowest BCUT2D eigenvalue weighted by Crippen LogP contribution is -1.89. The van der Waals surface area contributed by atoms with Crippen LogP contribution in [0.5, 0.6) is 0 Å². The van der Waals surface area contributed by atoms with Gasteiger partial charge in [0.05, 0.1) is 11.0 Å². The van der Waals surface area contributed by atoms with E-state index in [-0.39, 0.29) is 0 Å². The number of benzene rings is 6. The van der Waals surface area contributed by atoms with Gasteiger partial charge in [0, 0.05) is 43.3 Å². The van der Waals surface area contributed by atoms with Gasteiger partial charge in [0.25, 0.3) is 0 Å². The van der Waals surface area contributed by atoms with E-state index < -0.39 is 0 Å². The standard InChI is InChI=1S/C36H24N2S/c1-2-22-8-6-14-30-31-15-7-13-26(36(31)39-35(22)30)25-10-5-9-23(20-25)24-16-17-29-32(21-24)27-11-3-4-12-28(27)33-34(29)38-19-18-37-33/h3-21H,2H2,1H3. The smallest absolute Gasteiger partial charge is 0.0971 e. The Morgan fingerprint density at radius 3 is 1.97 bits per heavy atom. The molecule has 2 heterocycles. The number of aromatic nitrogens is 2. The maximum atomic E-state index is 4.71. The fraction of sp³-hybridized carbons (Fsp3) is 0.0556. The number of hydrogen-bond donors (Lipinski definition) is 0. The summed E-state index contributed by atoms with van der Waals surface area (Å²) < 4.78 is 2.77. The summed E-state index contributed by atoms with van der Waals surface area (Å²) in [7, 11) is 0. The van der Waals surface area contributed by atoms with Crippen molar-refractivity contribution < 1.29 is 0 Å². The van der Waals surface area contributed by atoms with Crippen LogP contribution in [0.3, 0.4) is 0 Å². The maximum absolute atomic E-state index is 4.71. The largest absolute Gasteiger partial charge is 0.252 e. The van der Waals surface area contributed by atoms with Crippen LogP contribution in [-0.2, 0) is 6.42 Å². The van der Waals surface area contributed by atoms with Gasteiger partial charge in [-0.1, -0.05) is 97.9 Å². The quantitative estimate of drug-likeness (QED) is 0.218. The molecule has 0 aliphatic carbocycles. The van der Waals surface area contributed by atoms with Crippen molar-refractivity contribution in [1.29, 1.82) is 0 Å². The van der Waals surface area contributed by atoms with Crippen molar-refractivity contribution in [2.75, 3.05) is 0 Å². The molecule has 0 N–H and O–H groups in total. The van der Waals surface area contributed by atoms with Crippen LogP contribution < -0.4 is 0 Å². The Bertz CT molecular complexity index is 2190. The second-order valence-electron chi connectivity index (χ2n) is 10.1. The normalized spacial score (nSPS) is 11.8. The first-order valence-corrected chi connectivity index (χ1v) is 14.2. The number of nitrogens with zero attached hydrogens (tertiary/aromatic N) is 2. The molecule has 184 valence electrons. The molecule has 0 aliphatic rings. The molecule has 8 aromatic rings. The van der Waals surface area contributed by atoms with Gasteiger partial charge in [-0.3, -0.25) is 9.97 Å². The van der Waals surface area contributed by atoms with Crippen molar-refractivity contribution in [2.24, 2.45) is 0 Å². The molecule has 6 aromatic carbocycles. The minimum atomic E-state index is 0.953. The van der Waals surface area contributed by atoms with Crippen molar-refractivity contribution in [3.8, 4) is 22.3 Å². The van der Waals surface area contributed by atoms with E-state index in [0.717, 1.165) is 28.2 Å². The van der Waals surface area contributed by atoms with Gasteiger partial charge >= 0.3 is 0 Å². The van der Waals surface area contributed by atoms with Crippen molar-refractivity contribution in [1.82, 2.24) is 9.97 Å². The van der Waals surface area contributed by atoms with Crippen LogP contribution >= 0.6 is 11.3 Å². The van der Waals surface area contributed by atoms with Gasteiger partial charge < -0.3 is 0 Å². The lowest BCUT2D eigenvalue weighted by Gasteiger charge is -2.11. The minimum absolute atomic E-state index is 0.953. The number of thiophene rings is 1. The SMILES string of the molecule is CCc1cccc2c1sc1c(-c3cccc(-c4ccc5c(c4)c4ccccc4c4nccnc54)c3)cccc12. The highest BCUT2D eigenvalue weighted by molar-refractivity contribution is 7.26. The van der Waals surface area contributed by atoms with Crippen LogP contribution in [0.4, 0.5) is 0 Å². The third-order valence-corrected chi connectivity index (χ3v) is 9.27. The summed E-state index contributed by atoms with van der Waals surface area (Å²) in [5.74, 6) is 0. The monoisotopic (exact) mass is 516 g/mol. The fourth-order valence-electron chi connectivity index (χ4n) is 6.06. The zero-order chi connectivity index (χ0) is 25.9. The van der Waals surface area contributed by atoms with E-state index in [2.05, 4.69) is 115 Å². The summed E-state index contributed by atoms with van der Waals surface area (Å²) in [4.78, 5) is 9.39. The third kappa shape index (κ3) is 3.40. The predicted molar refractivity (Wildman–Crippen MR) is 168 cm³/mol. The van der Waals surface area contributed by atoms with Crippen LogP contribution in [0.1, 0.15) is 12.5 Å². The number of aryl methyl sites for hydroxylation is 1. The Morgan fingerprint density at radius 1 is 0.513 bits per heavy atom. The third-order valence-electron chi connectivity index (χ3n) is 7.94. The second-order valence-corrected chi connectivity index (χ2v) is 11.1. The van der Waals surface area contributed by atoms with Gasteiger partial charge in [-0.15, -0.1) is 11.3 Å². The molecular weight excluding hydrogens is 492 g/mol. The molecule has 0 aliphatic heterocycles. The summed E-state index contributed by atoms with van der Waals surface area (Å²) in [6.45, 7) is 2.24. The highest BCUT2D eigenvalue weighted by Crippen LogP contribution is 2.42. The summed E-state index contributed by atoms with van der Waals surface area (Å²) in [5, 5.41) is 7.41. The first-order chi connectivity index (χ1) is 19.3. The van der Waals surface area contributed by atoms with Crippen LogP contribution in [0.2, 0.25) is 0 Å². The predicted octanol–water partition coefficient (Wildman–Crippen LogP) is 10.2. The number of fused-ring (bicyclic) bond motifs is 9. The Kier molecular flexibility index (Phi) is 5.01. The van der Waals surface area contributed by atoms with Gasteiger partial charge in [-0.2, -0.15) is 0 Å². The van der Waals surface area contributed by atoms with Crippen molar-refractivity contribution in [3.05, 3.63) is 121 Å². The number of hydrogen-bond acceptors (Lipinski definition) is 3. The molecule has 0 radical (unpaired) electrons. The van der Waals surface area contributed by atoms with Gasteiger partial charge in [0.1, 0.15) is 0 Å². The summed E-state index contributed by atoms with van der Waals surface area (Å²) in [6, 6.07) is 37.7. The highest BCUT2D eigenvalue weighted by atomic mass is 32.1. The molecule has 0 spiro atoms. The Labute approximate surface area is 230 Å². The highest BCUT2D eigenvalue weighted by Gasteiger charge is 2.14. The Hall–Kier alpha value is -4.60. The van der Waals surface area contributed by atoms with E-state index in [1.165, 1.54) is 58.8 Å².